The van der Waals surface area contributed by atoms with Crippen LogP contribution >= 0.6 is 0 Å². The van der Waals surface area contributed by atoms with Gasteiger partial charge in [-0.2, -0.15) is 0 Å². The molecule has 0 aliphatic heterocycles. The van der Waals surface area contributed by atoms with Gasteiger partial charge in [-0.25, -0.2) is 0 Å². The fraction of sp³-hybridized carbons (Fsp3) is 0.588. The second-order valence-corrected chi connectivity index (χ2v) is 5.94. The summed E-state index contributed by atoms with van der Waals surface area (Å²) in [5.74, 6) is -0.785. The Kier molecular flexibility index (Phi) is 6.85. The molecule has 0 fully saturated rings. The van der Waals surface area contributed by atoms with Gasteiger partial charge in [0.1, 0.15) is 5.54 Å². The Hall–Kier alpha value is -1.39. The van der Waals surface area contributed by atoms with Crippen LogP contribution in [0.4, 0.5) is 0 Å². The summed E-state index contributed by atoms with van der Waals surface area (Å²) in [6, 6.07) is 10.6. The first-order valence-electron chi connectivity index (χ1n) is 7.61. The number of nitrogens with zero attached hydrogens (tertiary/aromatic N) is 1. The quantitative estimate of drug-likeness (QED) is 0.734. The van der Waals surface area contributed by atoms with Crippen molar-refractivity contribution in [3.8, 4) is 0 Å². The van der Waals surface area contributed by atoms with Crippen LogP contribution in [0.5, 0.6) is 0 Å². The number of carbonyl (C=O) groups is 1. The number of likely N-dealkylation sites (N-methyl/N-ethyl adjacent to an activating group) is 2. The summed E-state index contributed by atoms with van der Waals surface area (Å²) in [7, 11) is 2.06. The average molecular weight is 292 g/mol. The molecule has 0 amide bonds. The van der Waals surface area contributed by atoms with Gasteiger partial charge in [0.15, 0.2) is 0 Å². The zero-order valence-electron chi connectivity index (χ0n) is 13.6. The molecule has 4 heteroatoms. The van der Waals surface area contributed by atoms with E-state index in [1.165, 1.54) is 5.56 Å². The first kappa shape index (κ1) is 17.7. The molecule has 0 bridgehead atoms. The van der Waals surface area contributed by atoms with Crippen LogP contribution in [-0.2, 0) is 11.2 Å². The molecule has 0 spiro atoms. The highest BCUT2D eigenvalue weighted by atomic mass is 16.4. The molecule has 4 nitrogen and oxygen atoms in total. The van der Waals surface area contributed by atoms with Gasteiger partial charge < -0.3 is 15.3 Å². The average Bonchev–Trinajstić information content (AvgIpc) is 2.45. The molecular formula is C17H28N2O2. The Morgan fingerprint density at radius 1 is 1.38 bits per heavy atom. The SMILES string of the molecule is CCNC(C)(CC(C)N(C)CCc1ccccc1)C(=O)O. The van der Waals surface area contributed by atoms with Gasteiger partial charge in [0.2, 0.25) is 0 Å². The Bertz CT molecular complexity index is 436. The molecule has 0 aliphatic rings. The number of aliphatic carboxylic acids is 1. The first-order chi connectivity index (χ1) is 9.89. The van der Waals surface area contributed by atoms with Crippen molar-refractivity contribution in [2.24, 2.45) is 0 Å². The summed E-state index contributed by atoms with van der Waals surface area (Å²) >= 11 is 0. The van der Waals surface area contributed by atoms with Crippen LogP contribution in [0.3, 0.4) is 0 Å². The van der Waals surface area contributed by atoms with Crippen molar-refractivity contribution in [1.82, 2.24) is 10.2 Å². The van der Waals surface area contributed by atoms with Crippen LogP contribution in [0.1, 0.15) is 32.8 Å². The number of hydrogen-bond donors (Lipinski definition) is 2. The van der Waals surface area contributed by atoms with E-state index in [2.05, 4.69) is 36.3 Å². The fourth-order valence-corrected chi connectivity index (χ4v) is 2.54. The van der Waals surface area contributed by atoms with Gasteiger partial charge in [-0.1, -0.05) is 37.3 Å². The summed E-state index contributed by atoms with van der Waals surface area (Å²) in [6.07, 6.45) is 1.56. The van der Waals surface area contributed by atoms with Crippen LogP contribution in [0, 0.1) is 0 Å². The van der Waals surface area contributed by atoms with E-state index in [9.17, 15) is 9.90 Å². The summed E-state index contributed by atoms with van der Waals surface area (Å²) in [4.78, 5) is 13.7. The lowest BCUT2D eigenvalue weighted by Crippen LogP contribution is -2.53. The van der Waals surface area contributed by atoms with Gasteiger partial charge in [-0.05, 0) is 45.8 Å². The highest BCUT2D eigenvalue weighted by Gasteiger charge is 2.34. The van der Waals surface area contributed by atoms with Crippen LogP contribution in [0.2, 0.25) is 0 Å². The van der Waals surface area contributed by atoms with Crippen LogP contribution in [-0.4, -0.2) is 47.7 Å². The predicted molar refractivity (Wildman–Crippen MR) is 86.6 cm³/mol. The largest absolute Gasteiger partial charge is 0.480 e. The molecule has 0 aliphatic carbocycles. The van der Waals surface area contributed by atoms with Gasteiger partial charge >= 0.3 is 5.97 Å². The van der Waals surface area contributed by atoms with Crippen molar-refractivity contribution in [1.29, 1.82) is 0 Å². The Labute approximate surface area is 128 Å². The maximum absolute atomic E-state index is 11.5. The summed E-state index contributed by atoms with van der Waals surface area (Å²) < 4.78 is 0. The maximum atomic E-state index is 11.5. The van der Waals surface area contributed by atoms with Gasteiger partial charge in [0.05, 0.1) is 0 Å². The van der Waals surface area contributed by atoms with E-state index in [0.29, 0.717) is 13.0 Å². The molecule has 0 saturated carbocycles. The Morgan fingerprint density at radius 2 is 2.00 bits per heavy atom. The molecule has 0 saturated heterocycles. The van der Waals surface area contributed by atoms with Crippen LogP contribution < -0.4 is 5.32 Å². The summed E-state index contributed by atoms with van der Waals surface area (Å²) in [5.41, 5.74) is 0.444. The lowest BCUT2D eigenvalue weighted by atomic mass is 9.93. The number of carboxylic acid groups (broad SMARTS) is 1. The van der Waals surface area contributed by atoms with Crippen LogP contribution in [0.25, 0.3) is 0 Å². The third kappa shape index (κ3) is 5.48. The highest BCUT2D eigenvalue weighted by molar-refractivity contribution is 5.78. The maximum Gasteiger partial charge on any atom is 0.323 e. The van der Waals surface area contributed by atoms with Crippen molar-refractivity contribution in [2.75, 3.05) is 20.1 Å². The first-order valence-corrected chi connectivity index (χ1v) is 7.61. The summed E-state index contributed by atoms with van der Waals surface area (Å²) in [5, 5.41) is 12.5. The standard InChI is InChI=1S/C17H28N2O2/c1-5-18-17(3,16(20)21)13-14(2)19(4)12-11-15-9-7-6-8-10-15/h6-10,14,18H,5,11-13H2,1-4H3,(H,20,21). The molecule has 2 unspecified atom stereocenters. The smallest absolute Gasteiger partial charge is 0.323 e. The molecule has 1 aromatic carbocycles. The molecule has 118 valence electrons. The predicted octanol–water partition coefficient (Wildman–Crippen LogP) is 2.39. The number of nitrogens with one attached hydrogen (secondary N) is 1. The number of rotatable bonds is 9. The molecule has 0 heterocycles. The molecule has 1 rings (SSSR count). The fourth-order valence-electron chi connectivity index (χ4n) is 2.54. The lowest BCUT2D eigenvalue weighted by Gasteiger charge is -2.33. The van der Waals surface area contributed by atoms with E-state index >= 15 is 0 Å². The molecule has 1 aromatic rings. The summed E-state index contributed by atoms with van der Waals surface area (Å²) in [6.45, 7) is 7.37. The Morgan fingerprint density at radius 3 is 2.52 bits per heavy atom. The molecule has 0 aromatic heterocycles. The minimum Gasteiger partial charge on any atom is -0.480 e. The zero-order chi connectivity index (χ0) is 15.9. The van der Waals surface area contributed by atoms with Crippen molar-refractivity contribution in [3.63, 3.8) is 0 Å². The van der Waals surface area contributed by atoms with Crippen molar-refractivity contribution in [3.05, 3.63) is 35.9 Å². The highest BCUT2D eigenvalue weighted by Crippen LogP contribution is 2.16. The van der Waals surface area contributed by atoms with Crippen molar-refractivity contribution >= 4 is 5.97 Å². The monoisotopic (exact) mass is 292 g/mol. The van der Waals surface area contributed by atoms with E-state index in [1.807, 2.05) is 25.1 Å². The molecule has 21 heavy (non-hydrogen) atoms. The number of benzene rings is 1. The molecule has 2 atom stereocenters. The van der Waals surface area contributed by atoms with Gasteiger partial charge in [0.25, 0.3) is 0 Å². The van der Waals surface area contributed by atoms with Crippen LogP contribution in [0.15, 0.2) is 30.3 Å². The number of carboxylic acids is 1. The molecular weight excluding hydrogens is 264 g/mol. The zero-order valence-corrected chi connectivity index (χ0v) is 13.6. The molecule has 2 N–H and O–H groups in total. The van der Waals surface area contributed by atoms with E-state index in [0.717, 1.165) is 13.0 Å². The van der Waals surface area contributed by atoms with E-state index < -0.39 is 11.5 Å². The third-order valence-corrected chi connectivity index (χ3v) is 4.09. The van der Waals surface area contributed by atoms with Gasteiger partial charge in [-0.15, -0.1) is 0 Å². The molecule has 0 radical (unpaired) electrons. The second-order valence-electron chi connectivity index (χ2n) is 5.94. The second kappa shape index (κ2) is 8.15. The van der Waals surface area contributed by atoms with E-state index in [4.69, 9.17) is 0 Å². The minimum atomic E-state index is -0.866. The Balaban J connectivity index is 2.53. The van der Waals surface area contributed by atoms with Crippen molar-refractivity contribution < 1.29 is 9.90 Å². The minimum absolute atomic E-state index is 0.203. The number of hydrogen-bond acceptors (Lipinski definition) is 3. The third-order valence-electron chi connectivity index (χ3n) is 4.09. The van der Waals surface area contributed by atoms with Gasteiger partial charge in [0, 0.05) is 12.6 Å². The van der Waals surface area contributed by atoms with Gasteiger partial charge in [-0.3, -0.25) is 4.79 Å². The topological polar surface area (TPSA) is 52.6 Å². The van der Waals surface area contributed by atoms with Crippen molar-refractivity contribution in [2.45, 2.75) is 45.2 Å². The van der Waals surface area contributed by atoms with E-state index in [1.54, 1.807) is 6.92 Å². The lowest BCUT2D eigenvalue weighted by molar-refractivity contribution is -0.145. The van der Waals surface area contributed by atoms with E-state index in [-0.39, 0.29) is 6.04 Å². The normalized spacial score (nSPS) is 15.7.